The van der Waals surface area contributed by atoms with Gasteiger partial charge in [-0.05, 0) is 24.3 Å². The minimum atomic E-state index is -4.37. The summed E-state index contributed by atoms with van der Waals surface area (Å²) in [6, 6.07) is 10.4. The third-order valence-corrected chi connectivity index (χ3v) is 3.74. The lowest BCUT2D eigenvalue weighted by Crippen LogP contribution is -2.04. The summed E-state index contributed by atoms with van der Waals surface area (Å²) in [6.07, 6.45) is -2.74. The van der Waals surface area contributed by atoms with Crippen molar-refractivity contribution >= 4 is 11.3 Å². The van der Waals surface area contributed by atoms with Gasteiger partial charge in [-0.3, -0.25) is 4.98 Å². The molecule has 2 heterocycles. The molecule has 0 aliphatic carbocycles. The molecule has 0 atom stereocenters. The third-order valence-electron chi connectivity index (χ3n) is 2.75. The van der Waals surface area contributed by atoms with Crippen molar-refractivity contribution in [3.63, 3.8) is 0 Å². The molecule has 0 unspecified atom stereocenters. The Morgan fingerprint density at radius 3 is 2.43 bits per heavy atom. The lowest BCUT2D eigenvalue weighted by Gasteiger charge is -2.06. The van der Waals surface area contributed by atoms with Gasteiger partial charge in [0.15, 0.2) is 5.01 Å². The Kier molecular flexibility index (Phi) is 3.42. The van der Waals surface area contributed by atoms with Crippen LogP contribution in [0.4, 0.5) is 13.2 Å². The highest BCUT2D eigenvalue weighted by molar-refractivity contribution is 7.17. The average molecular weight is 307 g/mol. The molecular weight excluding hydrogens is 299 g/mol. The van der Waals surface area contributed by atoms with Gasteiger partial charge in [0.05, 0.1) is 5.56 Å². The Hall–Kier alpha value is -2.28. The van der Waals surface area contributed by atoms with E-state index in [1.165, 1.54) is 17.4 Å². The van der Waals surface area contributed by atoms with Crippen LogP contribution in [0.1, 0.15) is 5.56 Å². The van der Waals surface area contributed by atoms with Gasteiger partial charge in [0, 0.05) is 11.8 Å². The van der Waals surface area contributed by atoms with Gasteiger partial charge in [-0.1, -0.05) is 29.5 Å². The normalized spacial score (nSPS) is 11.6. The van der Waals surface area contributed by atoms with Crippen LogP contribution in [0.5, 0.6) is 0 Å². The molecule has 1 aromatic carbocycles. The van der Waals surface area contributed by atoms with Crippen LogP contribution in [-0.4, -0.2) is 15.2 Å². The van der Waals surface area contributed by atoms with E-state index in [9.17, 15) is 13.2 Å². The van der Waals surface area contributed by atoms with Crippen LogP contribution >= 0.6 is 11.3 Å². The van der Waals surface area contributed by atoms with Crippen LogP contribution in [0.25, 0.3) is 21.3 Å². The molecule has 3 rings (SSSR count). The highest BCUT2D eigenvalue weighted by atomic mass is 32.1. The summed E-state index contributed by atoms with van der Waals surface area (Å²) in [5.41, 5.74) is 0.340. The Labute approximate surface area is 122 Å². The Balaban J connectivity index is 1.97. The van der Waals surface area contributed by atoms with Crippen molar-refractivity contribution in [3.8, 4) is 21.3 Å². The summed E-state index contributed by atoms with van der Waals surface area (Å²) in [5.74, 6) is 0. The smallest absolute Gasteiger partial charge is 0.254 e. The third kappa shape index (κ3) is 2.92. The zero-order chi connectivity index (χ0) is 14.9. The maximum absolute atomic E-state index is 12.7. The van der Waals surface area contributed by atoms with Crippen LogP contribution in [0, 0.1) is 0 Å². The van der Waals surface area contributed by atoms with Gasteiger partial charge in [0.2, 0.25) is 0 Å². The van der Waals surface area contributed by atoms with Gasteiger partial charge < -0.3 is 0 Å². The summed E-state index contributed by atoms with van der Waals surface area (Å²) in [5, 5.41) is 8.93. The molecule has 106 valence electrons. The zero-order valence-electron chi connectivity index (χ0n) is 10.5. The van der Waals surface area contributed by atoms with E-state index in [0.29, 0.717) is 21.3 Å². The number of halogens is 3. The molecule has 0 N–H and O–H groups in total. The fourth-order valence-corrected chi connectivity index (χ4v) is 2.58. The van der Waals surface area contributed by atoms with Gasteiger partial charge in [-0.25, -0.2) is 0 Å². The highest BCUT2D eigenvalue weighted by Gasteiger charge is 2.30. The molecule has 0 radical (unpaired) electrons. The molecule has 0 saturated heterocycles. The predicted molar refractivity (Wildman–Crippen MR) is 73.6 cm³/mol. The van der Waals surface area contributed by atoms with Gasteiger partial charge in [0.25, 0.3) is 0 Å². The number of alkyl halides is 3. The summed E-state index contributed by atoms with van der Waals surface area (Å²) in [6.45, 7) is 0. The minimum Gasteiger partial charge on any atom is -0.254 e. The average Bonchev–Trinajstić information content (AvgIpc) is 2.97. The highest BCUT2D eigenvalue weighted by Crippen LogP contribution is 2.34. The van der Waals surface area contributed by atoms with Gasteiger partial charge in [-0.15, -0.1) is 10.2 Å². The number of benzene rings is 1. The van der Waals surface area contributed by atoms with Crippen molar-refractivity contribution < 1.29 is 13.2 Å². The van der Waals surface area contributed by atoms with Crippen molar-refractivity contribution in [1.82, 2.24) is 15.2 Å². The maximum Gasteiger partial charge on any atom is 0.416 e. The first-order valence-electron chi connectivity index (χ1n) is 5.96. The number of aromatic nitrogens is 3. The molecular formula is C14H8F3N3S. The molecule has 0 bridgehead atoms. The van der Waals surface area contributed by atoms with Crippen LogP contribution in [0.15, 0.2) is 48.7 Å². The molecule has 0 spiro atoms. The molecule has 2 aromatic heterocycles. The van der Waals surface area contributed by atoms with Gasteiger partial charge >= 0.3 is 6.18 Å². The molecule has 0 aliphatic rings. The fraction of sp³-hybridized carbons (Fsp3) is 0.0714. The largest absolute Gasteiger partial charge is 0.416 e. The van der Waals surface area contributed by atoms with E-state index >= 15 is 0 Å². The summed E-state index contributed by atoms with van der Waals surface area (Å²) >= 11 is 1.21. The van der Waals surface area contributed by atoms with Crippen LogP contribution in [0.3, 0.4) is 0 Å². The van der Waals surface area contributed by atoms with Crippen molar-refractivity contribution in [2.24, 2.45) is 0 Å². The first-order chi connectivity index (χ1) is 10.0. The molecule has 0 fully saturated rings. The van der Waals surface area contributed by atoms with E-state index in [4.69, 9.17) is 0 Å². The lowest BCUT2D eigenvalue weighted by atomic mass is 10.1. The summed E-state index contributed by atoms with van der Waals surface area (Å²) in [4.78, 5) is 4.14. The molecule has 3 nitrogen and oxygen atoms in total. The number of hydrogen-bond acceptors (Lipinski definition) is 4. The number of rotatable bonds is 2. The van der Waals surface area contributed by atoms with Crippen molar-refractivity contribution in [1.29, 1.82) is 0 Å². The Morgan fingerprint density at radius 1 is 0.905 bits per heavy atom. The van der Waals surface area contributed by atoms with Crippen LogP contribution in [-0.2, 0) is 6.18 Å². The Bertz CT molecular complexity index is 753. The molecule has 0 saturated carbocycles. The second kappa shape index (κ2) is 5.25. The topological polar surface area (TPSA) is 38.7 Å². The number of nitrogens with zero attached hydrogens (tertiary/aromatic N) is 3. The minimum absolute atomic E-state index is 0.393. The second-order valence-electron chi connectivity index (χ2n) is 4.21. The monoisotopic (exact) mass is 307 g/mol. The van der Waals surface area contributed by atoms with Crippen molar-refractivity contribution in [3.05, 3.63) is 54.2 Å². The van der Waals surface area contributed by atoms with E-state index in [-0.39, 0.29) is 0 Å². The quantitative estimate of drug-likeness (QED) is 0.709. The van der Waals surface area contributed by atoms with Gasteiger partial charge in [-0.2, -0.15) is 13.2 Å². The summed E-state index contributed by atoms with van der Waals surface area (Å²) < 4.78 is 38.1. The summed E-state index contributed by atoms with van der Waals surface area (Å²) in [7, 11) is 0. The Morgan fingerprint density at radius 2 is 1.71 bits per heavy atom. The van der Waals surface area contributed by atoms with Gasteiger partial charge in [0.1, 0.15) is 10.7 Å². The molecule has 7 heteroatoms. The predicted octanol–water partition coefficient (Wildman–Crippen LogP) is 4.29. The van der Waals surface area contributed by atoms with E-state index < -0.39 is 11.7 Å². The SMILES string of the molecule is FC(F)(F)c1cccc(-c2nnc(-c3ccccn3)s2)c1. The lowest BCUT2D eigenvalue weighted by molar-refractivity contribution is -0.137. The van der Waals surface area contributed by atoms with Crippen molar-refractivity contribution in [2.45, 2.75) is 6.18 Å². The zero-order valence-corrected chi connectivity index (χ0v) is 11.3. The molecule has 0 aliphatic heterocycles. The van der Waals surface area contributed by atoms with Crippen LogP contribution < -0.4 is 0 Å². The number of hydrogen-bond donors (Lipinski definition) is 0. The standard InChI is InChI=1S/C14H8F3N3S/c15-14(16,17)10-5-3-4-9(8-10)12-19-20-13(21-12)11-6-1-2-7-18-11/h1-8H. The van der Waals surface area contributed by atoms with E-state index in [1.54, 1.807) is 24.4 Å². The van der Waals surface area contributed by atoms with E-state index in [1.807, 2.05) is 6.07 Å². The van der Waals surface area contributed by atoms with Crippen LogP contribution in [0.2, 0.25) is 0 Å². The fourth-order valence-electron chi connectivity index (χ4n) is 1.76. The second-order valence-corrected chi connectivity index (χ2v) is 5.18. The van der Waals surface area contributed by atoms with E-state index in [0.717, 1.165) is 12.1 Å². The molecule has 0 amide bonds. The number of pyridine rings is 1. The first-order valence-corrected chi connectivity index (χ1v) is 6.78. The maximum atomic E-state index is 12.7. The molecule has 3 aromatic rings. The molecule has 21 heavy (non-hydrogen) atoms. The van der Waals surface area contributed by atoms with Crippen molar-refractivity contribution in [2.75, 3.05) is 0 Å². The van der Waals surface area contributed by atoms with E-state index in [2.05, 4.69) is 15.2 Å². The first kappa shape index (κ1) is 13.7.